The fourth-order valence-electron chi connectivity index (χ4n) is 5.24. The molecule has 184 valence electrons. The minimum absolute atomic E-state index is 0.0766. The fraction of sp³-hybridized carbons (Fsp3) is 0.500. The predicted molar refractivity (Wildman–Crippen MR) is 128 cm³/mol. The SMILES string of the molecule is CC(C)Oc1ccc(Nc2nc3ccc(OC(F)(F)F)cc3n2[C@@H]2C[C@H](C)CC(C)(C)C2)cc1. The van der Waals surface area contributed by atoms with Crippen molar-refractivity contribution in [3.8, 4) is 11.5 Å². The quantitative estimate of drug-likeness (QED) is 0.394. The number of halogens is 3. The van der Waals surface area contributed by atoms with Crippen LogP contribution in [0.1, 0.15) is 59.9 Å². The van der Waals surface area contributed by atoms with Crippen LogP contribution < -0.4 is 14.8 Å². The first-order valence-electron chi connectivity index (χ1n) is 11.7. The van der Waals surface area contributed by atoms with Gasteiger partial charge in [-0.25, -0.2) is 4.98 Å². The molecule has 34 heavy (non-hydrogen) atoms. The normalized spacial score (nSPS) is 20.5. The third-order valence-corrected chi connectivity index (χ3v) is 6.11. The van der Waals surface area contributed by atoms with Gasteiger partial charge in [0, 0.05) is 17.8 Å². The Labute approximate surface area is 198 Å². The largest absolute Gasteiger partial charge is 0.573 e. The number of fused-ring (bicyclic) bond motifs is 1. The molecule has 0 bridgehead atoms. The molecule has 2 atom stereocenters. The molecule has 5 nitrogen and oxygen atoms in total. The lowest BCUT2D eigenvalue weighted by molar-refractivity contribution is -0.274. The molecule has 1 aliphatic carbocycles. The summed E-state index contributed by atoms with van der Waals surface area (Å²) in [5.41, 5.74) is 2.18. The topological polar surface area (TPSA) is 48.3 Å². The van der Waals surface area contributed by atoms with Gasteiger partial charge in [0.05, 0.1) is 17.1 Å². The van der Waals surface area contributed by atoms with E-state index >= 15 is 0 Å². The highest BCUT2D eigenvalue weighted by Crippen LogP contribution is 2.46. The molecule has 1 saturated carbocycles. The third kappa shape index (κ3) is 5.77. The van der Waals surface area contributed by atoms with Crippen LogP contribution in [0.15, 0.2) is 42.5 Å². The van der Waals surface area contributed by atoms with Gasteiger partial charge in [0.2, 0.25) is 5.95 Å². The van der Waals surface area contributed by atoms with E-state index in [1.807, 2.05) is 38.1 Å². The summed E-state index contributed by atoms with van der Waals surface area (Å²) in [5.74, 6) is 1.62. The van der Waals surface area contributed by atoms with Gasteiger partial charge in [-0.1, -0.05) is 20.8 Å². The second kappa shape index (κ2) is 9.04. The lowest BCUT2D eigenvalue weighted by atomic mass is 9.70. The lowest BCUT2D eigenvalue weighted by Crippen LogP contribution is -2.29. The molecule has 1 fully saturated rings. The van der Waals surface area contributed by atoms with Gasteiger partial charge in [-0.3, -0.25) is 0 Å². The van der Waals surface area contributed by atoms with Crippen LogP contribution in [0, 0.1) is 11.3 Å². The van der Waals surface area contributed by atoms with Gasteiger partial charge in [0.1, 0.15) is 11.5 Å². The summed E-state index contributed by atoms with van der Waals surface area (Å²) < 4.78 is 50.6. The Bertz CT molecular complexity index is 1140. The molecule has 0 amide bonds. The van der Waals surface area contributed by atoms with Gasteiger partial charge in [-0.2, -0.15) is 0 Å². The van der Waals surface area contributed by atoms with E-state index in [4.69, 9.17) is 9.72 Å². The standard InChI is InChI=1S/C26H32F3N3O2/c1-16(2)33-20-8-6-18(7-9-20)30-24-31-22-11-10-21(34-26(27,28)29)13-23(22)32(24)19-12-17(3)14-25(4,5)15-19/h6-11,13,16-17,19H,12,14-15H2,1-5H3,(H,30,31)/t17-,19+/m0/s1. The van der Waals surface area contributed by atoms with E-state index in [2.05, 4.69) is 35.4 Å². The maximum atomic E-state index is 12.9. The van der Waals surface area contributed by atoms with Crippen LogP contribution in [0.2, 0.25) is 0 Å². The Kier molecular flexibility index (Phi) is 6.44. The highest BCUT2D eigenvalue weighted by atomic mass is 19.4. The summed E-state index contributed by atoms with van der Waals surface area (Å²) in [5, 5.41) is 3.38. The third-order valence-electron chi connectivity index (χ3n) is 6.11. The predicted octanol–water partition coefficient (Wildman–Crippen LogP) is 7.85. The summed E-state index contributed by atoms with van der Waals surface area (Å²) in [6.07, 6.45) is -1.73. The van der Waals surface area contributed by atoms with Crippen molar-refractivity contribution in [2.75, 3.05) is 5.32 Å². The first-order chi connectivity index (χ1) is 15.9. The van der Waals surface area contributed by atoms with Crippen LogP contribution in [0.3, 0.4) is 0 Å². The molecule has 0 radical (unpaired) electrons. The molecule has 1 aliphatic rings. The van der Waals surface area contributed by atoms with Crippen molar-refractivity contribution < 1.29 is 22.6 Å². The number of ether oxygens (including phenoxy) is 2. The van der Waals surface area contributed by atoms with Gasteiger partial charge >= 0.3 is 6.36 Å². The zero-order chi connectivity index (χ0) is 24.7. The van der Waals surface area contributed by atoms with E-state index in [0.717, 1.165) is 30.7 Å². The van der Waals surface area contributed by atoms with Crippen LogP contribution in [0.25, 0.3) is 11.0 Å². The number of benzene rings is 2. The van der Waals surface area contributed by atoms with Crippen molar-refractivity contribution in [3.63, 3.8) is 0 Å². The van der Waals surface area contributed by atoms with E-state index < -0.39 is 6.36 Å². The number of imidazole rings is 1. The average Bonchev–Trinajstić information content (AvgIpc) is 3.03. The van der Waals surface area contributed by atoms with Crippen LogP contribution in [-0.2, 0) is 0 Å². The molecule has 3 aromatic rings. The lowest BCUT2D eigenvalue weighted by Gasteiger charge is -2.40. The molecular formula is C26H32F3N3O2. The minimum Gasteiger partial charge on any atom is -0.491 e. The first-order valence-corrected chi connectivity index (χ1v) is 11.7. The highest BCUT2D eigenvalue weighted by molar-refractivity contribution is 5.81. The van der Waals surface area contributed by atoms with Crippen molar-refractivity contribution in [2.24, 2.45) is 11.3 Å². The summed E-state index contributed by atoms with van der Waals surface area (Å²) in [7, 11) is 0. The van der Waals surface area contributed by atoms with Gasteiger partial charge in [0.25, 0.3) is 0 Å². The molecule has 0 spiro atoms. The van der Waals surface area contributed by atoms with Crippen LogP contribution in [0.5, 0.6) is 11.5 Å². The summed E-state index contributed by atoms with van der Waals surface area (Å²) in [6, 6.07) is 12.0. The summed E-state index contributed by atoms with van der Waals surface area (Å²) >= 11 is 0. The molecule has 1 heterocycles. The van der Waals surface area contributed by atoms with Gasteiger partial charge < -0.3 is 19.4 Å². The average molecular weight is 476 g/mol. The Morgan fingerprint density at radius 3 is 2.35 bits per heavy atom. The van der Waals surface area contributed by atoms with Gasteiger partial charge in [-0.15, -0.1) is 13.2 Å². The molecule has 1 aromatic heterocycles. The molecule has 0 unspecified atom stereocenters. The summed E-state index contributed by atoms with van der Waals surface area (Å²) in [6.45, 7) is 10.7. The van der Waals surface area contributed by atoms with E-state index in [-0.39, 0.29) is 23.3 Å². The molecule has 8 heteroatoms. The maximum Gasteiger partial charge on any atom is 0.573 e. The van der Waals surface area contributed by atoms with Gasteiger partial charge in [-0.05, 0) is 80.8 Å². The molecule has 0 aliphatic heterocycles. The number of nitrogens with one attached hydrogen (secondary N) is 1. The zero-order valence-electron chi connectivity index (χ0n) is 20.2. The van der Waals surface area contributed by atoms with Crippen molar-refractivity contribution >= 4 is 22.7 Å². The molecule has 4 rings (SSSR count). The Morgan fingerprint density at radius 2 is 1.74 bits per heavy atom. The maximum absolute atomic E-state index is 12.9. The molecule has 0 saturated heterocycles. The van der Waals surface area contributed by atoms with Crippen molar-refractivity contribution in [1.29, 1.82) is 0 Å². The number of alkyl halides is 3. The number of nitrogens with zero attached hydrogens (tertiary/aromatic N) is 2. The number of hydrogen-bond acceptors (Lipinski definition) is 4. The van der Waals surface area contributed by atoms with E-state index in [0.29, 0.717) is 22.9 Å². The van der Waals surface area contributed by atoms with E-state index in [1.165, 1.54) is 12.1 Å². The van der Waals surface area contributed by atoms with Crippen LogP contribution >= 0.6 is 0 Å². The monoisotopic (exact) mass is 475 g/mol. The molecular weight excluding hydrogens is 443 g/mol. The van der Waals surface area contributed by atoms with E-state index in [9.17, 15) is 13.2 Å². The fourth-order valence-corrected chi connectivity index (χ4v) is 5.24. The second-order valence-electron chi connectivity index (χ2n) is 10.4. The van der Waals surface area contributed by atoms with Gasteiger partial charge in [0.15, 0.2) is 0 Å². The number of rotatable bonds is 6. The molecule has 2 aromatic carbocycles. The van der Waals surface area contributed by atoms with Crippen LogP contribution in [-0.4, -0.2) is 22.0 Å². The Morgan fingerprint density at radius 1 is 1.06 bits per heavy atom. The second-order valence-corrected chi connectivity index (χ2v) is 10.4. The first kappa shape index (κ1) is 24.2. The van der Waals surface area contributed by atoms with Crippen LogP contribution in [0.4, 0.5) is 24.8 Å². The Hall–Kier alpha value is -2.90. The number of hydrogen-bond donors (Lipinski definition) is 1. The van der Waals surface area contributed by atoms with Crippen molar-refractivity contribution in [1.82, 2.24) is 9.55 Å². The summed E-state index contributed by atoms with van der Waals surface area (Å²) in [4.78, 5) is 4.75. The van der Waals surface area contributed by atoms with E-state index in [1.54, 1.807) is 6.07 Å². The molecule has 1 N–H and O–H groups in total. The number of anilines is 2. The Balaban J connectivity index is 1.75. The highest BCUT2D eigenvalue weighted by Gasteiger charge is 2.35. The number of aromatic nitrogens is 2. The minimum atomic E-state index is -4.75. The smallest absolute Gasteiger partial charge is 0.491 e. The van der Waals surface area contributed by atoms with Crippen molar-refractivity contribution in [2.45, 2.75) is 72.4 Å². The van der Waals surface area contributed by atoms with Crippen molar-refractivity contribution in [3.05, 3.63) is 42.5 Å². The zero-order valence-corrected chi connectivity index (χ0v) is 20.2.